The van der Waals surface area contributed by atoms with Crippen LogP contribution in [0.5, 0.6) is 0 Å². The van der Waals surface area contributed by atoms with Crippen LogP contribution < -0.4 is 5.73 Å². The van der Waals surface area contributed by atoms with Crippen molar-refractivity contribution < 1.29 is 9.13 Å². The zero-order chi connectivity index (χ0) is 24.2. The van der Waals surface area contributed by atoms with Crippen molar-refractivity contribution in [1.82, 2.24) is 29.3 Å². The lowest BCUT2D eigenvalue weighted by atomic mass is 10.0. The second-order valence-electron chi connectivity index (χ2n) is 9.54. The number of morpholine rings is 1. The molecule has 1 aromatic carbocycles. The summed E-state index contributed by atoms with van der Waals surface area (Å²) in [4.78, 5) is 19.0. The van der Waals surface area contributed by atoms with Crippen LogP contribution in [-0.2, 0) is 11.2 Å². The molecule has 2 N–H and O–H groups in total. The molecule has 2 saturated heterocycles. The van der Waals surface area contributed by atoms with Gasteiger partial charge in [-0.25, -0.2) is 19.3 Å². The summed E-state index contributed by atoms with van der Waals surface area (Å²) in [5.74, 6) is 0.512. The Hall–Kier alpha value is -2.88. The van der Waals surface area contributed by atoms with Crippen LogP contribution in [0.4, 0.5) is 10.1 Å². The van der Waals surface area contributed by atoms with Crippen LogP contribution in [0.15, 0.2) is 36.8 Å². The maximum Gasteiger partial charge on any atom is 0.129 e. The Morgan fingerprint density at radius 3 is 2.51 bits per heavy atom. The monoisotopic (exact) mass is 479 g/mol. The molecular weight excluding hydrogens is 445 g/mol. The van der Waals surface area contributed by atoms with E-state index in [2.05, 4.69) is 26.4 Å². The van der Waals surface area contributed by atoms with Crippen molar-refractivity contribution in [3.63, 3.8) is 0 Å². The molecule has 3 aromatic rings. The summed E-state index contributed by atoms with van der Waals surface area (Å²) in [6, 6.07) is 6.77. The van der Waals surface area contributed by atoms with Gasteiger partial charge in [0.1, 0.15) is 17.3 Å². The molecule has 9 heteroatoms. The van der Waals surface area contributed by atoms with E-state index in [4.69, 9.17) is 20.4 Å². The van der Waals surface area contributed by atoms with E-state index in [1.165, 1.54) is 12.1 Å². The van der Waals surface area contributed by atoms with E-state index < -0.39 is 0 Å². The summed E-state index contributed by atoms with van der Waals surface area (Å²) in [7, 11) is 2.15. The predicted molar refractivity (Wildman–Crippen MR) is 134 cm³/mol. The van der Waals surface area contributed by atoms with Gasteiger partial charge in [-0.2, -0.15) is 0 Å². The lowest BCUT2D eigenvalue weighted by Crippen LogP contribution is -2.37. The molecule has 0 atom stereocenters. The normalized spacial score (nSPS) is 18.2. The summed E-state index contributed by atoms with van der Waals surface area (Å²) in [5, 5.41) is 0. The SMILES string of the molecule is CN1CCC(n2cnc(-c3ccc(F)cc3)c2-c2nc(CCCN3CCOCC3)ncc2N)CC1. The third-order valence-electron chi connectivity index (χ3n) is 7.06. The van der Waals surface area contributed by atoms with E-state index in [0.29, 0.717) is 17.4 Å². The van der Waals surface area contributed by atoms with Crippen molar-refractivity contribution in [3.8, 4) is 22.6 Å². The molecule has 0 aliphatic carbocycles. The van der Waals surface area contributed by atoms with E-state index in [0.717, 1.165) is 94.4 Å². The van der Waals surface area contributed by atoms with Gasteiger partial charge in [0.25, 0.3) is 0 Å². The van der Waals surface area contributed by atoms with Gasteiger partial charge in [0.2, 0.25) is 0 Å². The van der Waals surface area contributed by atoms with Crippen molar-refractivity contribution in [3.05, 3.63) is 48.4 Å². The molecule has 2 aromatic heterocycles. The average molecular weight is 480 g/mol. The van der Waals surface area contributed by atoms with Gasteiger partial charge in [-0.05, 0) is 70.2 Å². The Morgan fingerprint density at radius 2 is 1.77 bits per heavy atom. The molecule has 0 unspecified atom stereocenters. The molecule has 186 valence electrons. The number of likely N-dealkylation sites (tertiary alicyclic amines) is 1. The summed E-state index contributed by atoms with van der Waals surface area (Å²) < 4.78 is 21.3. The highest BCUT2D eigenvalue weighted by Crippen LogP contribution is 2.37. The Morgan fingerprint density at radius 1 is 1.03 bits per heavy atom. The topological polar surface area (TPSA) is 85.3 Å². The zero-order valence-corrected chi connectivity index (χ0v) is 20.4. The number of nitrogens with zero attached hydrogens (tertiary/aromatic N) is 6. The Labute approximate surface area is 205 Å². The summed E-state index contributed by atoms with van der Waals surface area (Å²) >= 11 is 0. The van der Waals surface area contributed by atoms with Gasteiger partial charge in [-0.15, -0.1) is 0 Å². The standard InChI is InChI=1S/C26H34FN7O/c1-32-11-8-21(9-12-32)34-18-30-24(19-4-6-20(27)7-5-19)26(34)25-22(28)17-29-23(31-25)3-2-10-33-13-15-35-16-14-33/h4-7,17-18,21H,2-3,8-16,28H2,1H3. The number of aryl methyl sites for hydroxylation is 1. The number of halogens is 1. The number of aromatic nitrogens is 4. The van der Waals surface area contributed by atoms with Crippen LogP contribution in [0.2, 0.25) is 0 Å². The molecule has 0 bridgehead atoms. The molecule has 0 spiro atoms. The number of piperidine rings is 1. The molecule has 8 nitrogen and oxygen atoms in total. The summed E-state index contributed by atoms with van der Waals surface area (Å²) in [6.07, 6.45) is 7.41. The third-order valence-corrected chi connectivity index (χ3v) is 7.06. The van der Waals surface area contributed by atoms with E-state index in [1.807, 2.05) is 6.33 Å². The molecule has 5 rings (SSSR count). The van der Waals surface area contributed by atoms with Gasteiger partial charge in [0.15, 0.2) is 0 Å². The second-order valence-corrected chi connectivity index (χ2v) is 9.54. The van der Waals surface area contributed by atoms with Gasteiger partial charge in [0.05, 0.1) is 42.8 Å². The van der Waals surface area contributed by atoms with Crippen LogP contribution in [0.1, 0.15) is 31.1 Å². The maximum absolute atomic E-state index is 13.6. The molecule has 4 heterocycles. The number of hydrogen-bond donors (Lipinski definition) is 1. The highest BCUT2D eigenvalue weighted by molar-refractivity contribution is 5.82. The highest BCUT2D eigenvalue weighted by atomic mass is 19.1. The quantitative estimate of drug-likeness (QED) is 0.557. The average Bonchev–Trinajstić information content (AvgIpc) is 3.31. The largest absolute Gasteiger partial charge is 0.396 e. The first-order valence-electron chi connectivity index (χ1n) is 12.5. The fourth-order valence-corrected chi connectivity index (χ4v) is 4.99. The minimum Gasteiger partial charge on any atom is -0.396 e. The van der Waals surface area contributed by atoms with Gasteiger partial charge >= 0.3 is 0 Å². The molecule has 0 amide bonds. The van der Waals surface area contributed by atoms with Crippen LogP contribution in [0, 0.1) is 5.82 Å². The molecule has 2 aliphatic rings. The van der Waals surface area contributed by atoms with Crippen molar-refractivity contribution in [1.29, 1.82) is 0 Å². The van der Waals surface area contributed by atoms with Gasteiger partial charge in [-0.1, -0.05) is 0 Å². The van der Waals surface area contributed by atoms with Crippen molar-refractivity contribution in [2.24, 2.45) is 0 Å². The lowest BCUT2D eigenvalue weighted by Gasteiger charge is -2.31. The summed E-state index contributed by atoms with van der Waals surface area (Å²) in [5.41, 5.74) is 10.2. The van der Waals surface area contributed by atoms with Crippen LogP contribution in [0.3, 0.4) is 0 Å². The molecule has 2 fully saturated rings. The van der Waals surface area contributed by atoms with Crippen LogP contribution >= 0.6 is 0 Å². The Bertz CT molecular complexity index is 1120. The number of hydrogen-bond acceptors (Lipinski definition) is 7. The predicted octanol–water partition coefficient (Wildman–Crippen LogP) is 3.26. The maximum atomic E-state index is 13.6. The van der Waals surface area contributed by atoms with Crippen molar-refractivity contribution >= 4 is 5.69 Å². The number of nitrogen functional groups attached to an aromatic ring is 1. The number of ether oxygens (including phenoxy) is 1. The van der Waals surface area contributed by atoms with E-state index in [9.17, 15) is 4.39 Å². The zero-order valence-electron chi connectivity index (χ0n) is 20.4. The van der Waals surface area contributed by atoms with Crippen molar-refractivity contribution in [2.75, 3.05) is 58.7 Å². The minimum absolute atomic E-state index is 0.269. The molecule has 0 saturated carbocycles. The molecule has 35 heavy (non-hydrogen) atoms. The first-order valence-corrected chi connectivity index (χ1v) is 12.5. The first kappa shape index (κ1) is 23.8. The van der Waals surface area contributed by atoms with E-state index in [-0.39, 0.29) is 5.82 Å². The molecule has 0 radical (unpaired) electrons. The van der Waals surface area contributed by atoms with Gasteiger partial charge in [-0.3, -0.25) is 4.90 Å². The number of anilines is 1. The third kappa shape index (κ3) is 5.52. The minimum atomic E-state index is -0.269. The molecular formula is C26H34FN7O. The number of rotatable bonds is 7. The van der Waals surface area contributed by atoms with Gasteiger partial charge in [0, 0.05) is 31.1 Å². The van der Waals surface area contributed by atoms with E-state index in [1.54, 1.807) is 18.3 Å². The summed E-state index contributed by atoms with van der Waals surface area (Å²) in [6.45, 7) is 6.61. The lowest BCUT2D eigenvalue weighted by molar-refractivity contribution is 0.0374. The number of imidazole rings is 1. The smallest absolute Gasteiger partial charge is 0.129 e. The molecule has 2 aliphatic heterocycles. The fourth-order valence-electron chi connectivity index (χ4n) is 4.99. The Balaban J connectivity index is 1.46. The fraction of sp³-hybridized carbons (Fsp3) is 0.500. The van der Waals surface area contributed by atoms with Crippen LogP contribution in [0.25, 0.3) is 22.6 Å². The highest BCUT2D eigenvalue weighted by Gasteiger charge is 2.26. The first-order chi connectivity index (χ1) is 17.1. The Kier molecular flexibility index (Phi) is 7.36. The van der Waals surface area contributed by atoms with Crippen LogP contribution in [-0.4, -0.2) is 82.3 Å². The number of benzene rings is 1. The number of nitrogens with two attached hydrogens (primary N) is 1. The second kappa shape index (κ2) is 10.8. The van der Waals surface area contributed by atoms with Gasteiger partial charge < -0.3 is 19.9 Å². The van der Waals surface area contributed by atoms with Crippen molar-refractivity contribution in [2.45, 2.75) is 31.7 Å². The van der Waals surface area contributed by atoms with E-state index >= 15 is 0 Å².